The first-order chi connectivity index (χ1) is 14.0. The largest absolute Gasteiger partial charge is 0.456 e. The van der Waals surface area contributed by atoms with Crippen molar-refractivity contribution in [2.24, 2.45) is 5.10 Å². The van der Waals surface area contributed by atoms with Crippen molar-refractivity contribution in [2.75, 3.05) is 32.8 Å². The number of hydrogen-bond donors (Lipinski definition) is 2. The van der Waals surface area contributed by atoms with E-state index in [9.17, 15) is 14.9 Å². The van der Waals surface area contributed by atoms with Gasteiger partial charge in [0.15, 0.2) is 6.54 Å². The molecule has 29 heavy (non-hydrogen) atoms. The zero-order chi connectivity index (χ0) is 20.6. The first-order valence-corrected chi connectivity index (χ1v) is 9.34. The average Bonchev–Trinajstić information content (AvgIpc) is 2.71. The van der Waals surface area contributed by atoms with Crippen LogP contribution in [0, 0.1) is 10.1 Å². The topological polar surface area (TPSA) is 108 Å². The molecule has 1 amide bonds. The van der Waals surface area contributed by atoms with E-state index in [-0.39, 0.29) is 16.6 Å². The zero-order valence-electron chi connectivity index (χ0n) is 15.5. The van der Waals surface area contributed by atoms with E-state index < -0.39 is 4.92 Å². The van der Waals surface area contributed by atoms with E-state index in [4.69, 9.17) is 21.1 Å². The zero-order valence-corrected chi connectivity index (χ0v) is 16.2. The highest BCUT2D eigenvalue weighted by Gasteiger charge is 2.17. The number of nitro groups is 1. The van der Waals surface area contributed by atoms with Crippen molar-refractivity contribution in [1.82, 2.24) is 5.43 Å². The van der Waals surface area contributed by atoms with E-state index in [1.54, 1.807) is 24.3 Å². The van der Waals surface area contributed by atoms with Gasteiger partial charge >= 0.3 is 0 Å². The minimum absolute atomic E-state index is 0.105. The number of amides is 1. The number of nitrogens with one attached hydrogen (secondary N) is 2. The van der Waals surface area contributed by atoms with Gasteiger partial charge in [0.1, 0.15) is 24.6 Å². The molecule has 152 valence electrons. The van der Waals surface area contributed by atoms with Crippen LogP contribution in [0.25, 0.3) is 0 Å². The van der Waals surface area contributed by atoms with Crippen molar-refractivity contribution in [3.8, 4) is 11.5 Å². The summed E-state index contributed by atoms with van der Waals surface area (Å²) in [6.45, 7) is 3.34. The van der Waals surface area contributed by atoms with Crippen LogP contribution in [0.15, 0.2) is 47.6 Å². The highest BCUT2D eigenvalue weighted by atomic mass is 35.5. The van der Waals surface area contributed by atoms with Crippen molar-refractivity contribution in [1.29, 1.82) is 0 Å². The lowest BCUT2D eigenvalue weighted by Crippen LogP contribution is -3.15. The van der Waals surface area contributed by atoms with Crippen molar-refractivity contribution in [3.63, 3.8) is 0 Å². The Hall–Kier alpha value is -3.01. The number of hydrogen-bond acceptors (Lipinski definition) is 6. The van der Waals surface area contributed by atoms with Gasteiger partial charge in [-0.25, -0.2) is 5.43 Å². The highest BCUT2D eigenvalue weighted by Crippen LogP contribution is 2.32. The van der Waals surface area contributed by atoms with Crippen LogP contribution in [0.1, 0.15) is 5.56 Å². The maximum Gasteiger partial charge on any atom is 0.295 e. The molecule has 0 atom stereocenters. The predicted molar refractivity (Wildman–Crippen MR) is 107 cm³/mol. The molecule has 0 bridgehead atoms. The number of ether oxygens (including phenoxy) is 2. The second kappa shape index (κ2) is 9.97. The number of quaternary nitrogens is 1. The molecule has 2 aromatic carbocycles. The second-order valence-electron chi connectivity index (χ2n) is 6.38. The lowest BCUT2D eigenvalue weighted by molar-refractivity contribution is -0.900. The molecule has 0 unspecified atom stereocenters. The third-order valence-corrected chi connectivity index (χ3v) is 4.54. The SMILES string of the molecule is O=C(C[NH+]1CCOCC1)N/N=C\c1ccc(Oc2ccc([N+](=O)[O-])cc2Cl)cc1. The van der Waals surface area contributed by atoms with E-state index in [2.05, 4.69) is 10.5 Å². The second-order valence-corrected chi connectivity index (χ2v) is 6.78. The average molecular weight is 420 g/mol. The van der Waals surface area contributed by atoms with E-state index in [1.807, 2.05) is 0 Å². The number of benzene rings is 2. The molecule has 0 aromatic heterocycles. The Morgan fingerprint density at radius 3 is 2.66 bits per heavy atom. The number of halogens is 1. The fraction of sp³-hybridized carbons (Fsp3) is 0.263. The standard InChI is InChI=1S/C19H19ClN4O5/c20-17-11-15(24(26)27)3-6-18(17)29-16-4-1-14(2-5-16)12-21-22-19(25)13-23-7-9-28-10-8-23/h1-6,11-12H,7-10,13H2,(H,22,25)/p+1/b21-12-. The summed E-state index contributed by atoms with van der Waals surface area (Å²) >= 11 is 6.02. The van der Waals surface area contributed by atoms with Crippen LogP contribution in [-0.2, 0) is 9.53 Å². The number of carbonyl (C=O) groups is 1. The fourth-order valence-electron chi connectivity index (χ4n) is 2.72. The number of nitro benzene ring substituents is 1. The minimum atomic E-state index is -0.523. The van der Waals surface area contributed by atoms with Gasteiger partial charge in [-0.1, -0.05) is 11.6 Å². The summed E-state index contributed by atoms with van der Waals surface area (Å²) in [4.78, 5) is 23.3. The summed E-state index contributed by atoms with van der Waals surface area (Å²) < 4.78 is 10.9. The molecular formula is C19H20ClN4O5+. The molecule has 9 nitrogen and oxygen atoms in total. The van der Waals surface area contributed by atoms with E-state index >= 15 is 0 Å². The number of morpholine rings is 1. The molecule has 2 N–H and O–H groups in total. The molecule has 3 rings (SSSR count). The minimum Gasteiger partial charge on any atom is -0.456 e. The third-order valence-electron chi connectivity index (χ3n) is 4.25. The Kier molecular flexibility index (Phi) is 7.12. The molecule has 0 saturated carbocycles. The molecule has 0 spiro atoms. The molecule has 1 aliphatic heterocycles. The Labute approximate surface area is 172 Å². The normalized spacial score (nSPS) is 14.7. The summed E-state index contributed by atoms with van der Waals surface area (Å²) in [5.74, 6) is 0.681. The van der Waals surface area contributed by atoms with Crippen LogP contribution >= 0.6 is 11.6 Å². The number of hydrazone groups is 1. The molecular weight excluding hydrogens is 400 g/mol. The maximum absolute atomic E-state index is 11.9. The number of carbonyl (C=O) groups excluding carboxylic acids is 1. The van der Waals surface area contributed by atoms with E-state index in [1.165, 1.54) is 29.3 Å². The maximum atomic E-state index is 11.9. The number of rotatable bonds is 7. The van der Waals surface area contributed by atoms with Crippen LogP contribution in [0.3, 0.4) is 0 Å². The van der Waals surface area contributed by atoms with Gasteiger partial charge in [0, 0.05) is 12.1 Å². The van der Waals surface area contributed by atoms with Crippen molar-refractivity contribution < 1.29 is 24.1 Å². The lowest BCUT2D eigenvalue weighted by Gasteiger charge is -2.22. The van der Waals surface area contributed by atoms with Gasteiger partial charge < -0.3 is 14.4 Å². The van der Waals surface area contributed by atoms with Crippen LogP contribution in [0.2, 0.25) is 5.02 Å². The Balaban J connectivity index is 1.51. The van der Waals surface area contributed by atoms with Crippen molar-refractivity contribution in [3.05, 3.63) is 63.2 Å². The van der Waals surface area contributed by atoms with Gasteiger partial charge in [0.25, 0.3) is 11.6 Å². The first kappa shape index (κ1) is 20.7. The molecule has 2 aromatic rings. The van der Waals surface area contributed by atoms with Crippen LogP contribution in [-0.4, -0.2) is 49.9 Å². The van der Waals surface area contributed by atoms with E-state index in [0.29, 0.717) is 31.3 Å². The summed E-state index contributed by atoms with van der Waals surface area (Å²) in [5.41, 5.74) is 3.18. The van der Waals surface area contributed by atoms with Crippen LogP contribution < -0.4 is 15.1 Å². The van der Waals surface area contributed by atoms with Crippen molar-refractivity contribution in [2.45, 2.75) is 0 Å². The molecule has 0 aliphatic carbocycles. The third kappa shape index (κ3) is 6.24. The Morgan fingerprint density at radius 2 is 2.00 bits per heavy atom. The quantitative estimate of drug-likeness (QED) is 0.401. The van der Waals surface area contributed by atoms with Crippen molar-refractivity contribution >= 4 is 29.4 Å². The Morgan fingerprint density at radius 1 is 1.28 bits per heavy atom. The molecule has 1 aliphatic rings. The summed E-state index contributed by atoms with van der Waals surface area (Å²) in [6.07, 6.45) is 1.54. The van der Waals surface area contributed by atoms with Gasteiger partial charge in [0.05, 0.1) is 29.4 Å². The monoisotopic (exact) mass is 419 g/mol. The summed E-state index contributed by atoms with van der Waals surface area (Å²) in [6, 6.07) is 10.9. The van der Waals surface area contributed by atoms with Gasteiger partial charge in [-0.05, 0) is 35.9 Å². The molecule has 10 heteroatoms. The molecule has 1 fully saturated rings. The van der Waals surface area contributed by atoms with Gasteiger partial charge in [-0.3, -0.25) is 14.9 Å². The summed E-state index contributed by atoms with van der Waals surface area (Å²) in [5, 5.41) is 14.9. The fourth-order valence-corrected chi connectivity index (χ4v) is 2.93. The number of non-ortho nitro benzene ring substituents is 1. The van der Waals surface area contributed by atoms with Gasteiger partial charge in [-0.2, -0.15) is 5.10 Å². The number of nitrogens with zero attached hydrogens (tertiary/aromatic N) is 2. The van der Waals surface area contributed by atoms with E-state index in [0.717, 1.165) is 18.7 Å². The smallest absolute Gasteiger partial charge is 0.295 e. The van der Waals surface area contributed by atoms with Crippen LogP contribution in [0.5, 0.6) is 11.5 Å². The molecule has 0 radical (unpaired) electrons. The Bertz CT molecular complexity index is 898. The van der Waals surface area contributed by atoms with Gasteiger partial charge in [-0.15, -0.1) is 0 Å². The highest BCUT2D eigenvalue weighted by molar-refractivity contribution is 6.32. The van der Waals surface area contributed by atoms with Crippen LogP contribution in [0.4, 0.5) is 5.69 Å². The predicted octanol–water partition coefficient (Wildman–Crippen LogP) is 1.41. The lowest BCUT2D eigenvalue weighted by atomic mass is 10.2. The summed E-state index contributed by atoms with van der Waals surface area (Å²) in [7, 11) is 0. The molecule has 1 saturated heterocycles. The molecule has 1 heterocycles. The van der Waals surface area contributed by atoms with Gasteiger partial charge in [0.2, 0.25) is 0 Å². The first-order valence-electron chi connectivity index (χ1n) is 8.96.